The van der Waals surface area contributed by atoms with Crippen LogP contribution < -0.4 is 5.73 Å². The van der Waals surface area contributed by atoms with Gasteiger partial charge in [0.1, 0.15) is 0 Å². The first-order valence-electron chi connectivity index (χ1n) is 6.04. The summed E-state index contributed by atoms with van der Waals surface area (Å²) < 4.78 is 0. The maximum atomic E-state index is 5.87. The molecule has 0 saturated carbocycles. The third kappa shape index (κ3) is 5.58. The highest BCUT2D eigenvalue weighted by atomic mass is 14.6. The van der Waals surface area contributed by atoms with E-state index in [-0.39, 0.29) is 0 Å². The smallest absolute Gasteiger partial charge is 0.00393 e. The lowest BCUT2D eigenvalue weighted by Gasteiger charge is -2.09. The van der Waals surface area contributed by atoms with Gasteiger partial charge in [0.2, 0.25) is 0 Å². The first kappa shape index (κ1) is 14.2. The average molecular weight is 207 g/mol. The lowest BCUT2D eigenvalue weighted by molar-refractivity contribution is 0.595. The van der Waals surface area contributed by atoms with E-state index in [1.165, 1.54) is 11.1 Å². The molecule has 0 saturated heterocycles. The number of rotatable bonds is 4. The van der Waals surface area contributed by atoms with E-state index < -0.39 is 0 Å². The van der Waals surface area contributed by atoms with Crippen LogP contribution in [0.2, 0.25) is 0 Å². The zero-order valence-corrected chi connectivity index (χ0v) is 10.6. The molecule has 0 amide bonds. The highest BCUT2D eigenvalue weighted by Crippen LogP contribution is 2.10. The summed E-state index contributed by atoms with van der Waals surface area (Å²) in [6.07, 6.45) is 3.29. The van der Waals surface area contributed by atoms with Gasteiger partial charge in [-0.25, -0.2) is 0 Å². The normalized spacial score (nSPS) is 11.5. The fourth-order valence-corrected chi connectivity index (χ4v) is 1.44. The maximum absolute atomic E-state index is 5.87. The quantitative estimate of drug-likeness (QED) is 0.800. The zero-order valence-electron chi connectivity index (χ0n) is 10.6. The van der Waals surface area contributed by atoms with Gasteiger partial charge < -0.3 is 5.73 Å². The Balaban J connectivity index is 0.000000921. The Hall–Kier alpha value is -0.820. The lowest BCUT2D eigenvalue weighted by atomic mass is 10.0. The molecular weight excluding hydrogens is 182 g/mol. The molecule has 1 rings (SSSR count). The third-order valence-electron chi connectivity index (χ3n) is 2.57. The summed E-state index contributed by atoms with van der Waals surface area (Å²) in [4.78, 5) is 0. The predicted octanol–water partition coefficient (Wildman–Crippen LogP) is 3.69. The Labute approximate surface area is 94.7 Å². The molecule has 0 bridgehead atoms. The molecule has 0 aliphatic heterocycles. The molecule has 0 aliphatic carbocycles. The molecule has 0 heterocycles. The van der Waals surface area contributed by atoms with E-state index in [1.807, 2.05) is 13.8 Å². The molecule has 1 heteroatoms. The van der Waals surface area contributed by atoms with Gasteiger partial charge in [-0.05, 0) is 37.3 Å². The van der Waals surface area contributed by atoms with E-state index >= 15 is 0 Å². The highest BCUT2D eigenvalue weighted by molar-refractivity contribution is 5.25. The minimum Gasteiger partial charge on any atom is -0.328 e. The van der Waals surface area contributed by atoms with Gasteiger partial charge in [0.15, 0.2) is 0 Å². The number of hydrogen-bond donors (Lipinski definition) is 1. The number of aryl methyl sites for hydroxylation is 2. The van der Waals surface area contributed by atoms with Crippen LogP contribution in [0.5, 0.6) is 0 Å². The molecule has 1 nitrogen and oxygen atoms in total. The summed E-state index contributed by atoms with van der Waals surface area (Å²) >= 11 is 0. The first-order valence-corrected chi connectivity index (χ1v) is 6.04. The molecule has 1 aromatic rings. The molecule has 2 N–H and O–H groups in total. The number of nitrogens with two attached hydrogens (primary N) is 1. The van der Waals surface area contributed by atoms with Crippen LogP contribution in [-0.4, -0.2) is 6.04 Å². The van der Waals surface area contributed by atoms with Gasteiger partial charge in [-0.3, -0.25) is 0 Å². The van der Waals surface area contributed by atoms with Crippen LogP contribution in [0.1, 0.15) is 44.7 Å². The van der Waals surface area contributed by atoms with Crippen molar-refractivity contribution in [2.45, 2.75) is 53.0 Å². The van der Waals surface area contributed by atoms with Crippen molar-refractivity contribution in [3.63, 3.8) is 0 Å². The molecule has 1 atom stereocenters. The van der Waals surface area contributed by atoms with Gasteiger partial charge in [-0.2, -0.15) is 0 Å². The summed E-state index contributed by atoms with van der Waals surface area (Å²) in [5.41, 5.74) is 8.69. The van der Waals surface area contributed by atoms with Crippen LogP contribution in [0.25, 0.3) is 0 Å². The largest absolute Gasteiger partial charge is 0.328 e. The van der Waals surface area contributed by atoms with E-state index in [1.54, 1.807) is 0 Å². The van der Waals surface area contributed by atoms with Crippen molar-refractivity contribution in [3.8, 4) is 0 Å². The molecule has 1 unspecified atom stereocenters. The topological polar surface area (TPSA) is 26.0 Å². The fourth-order valence-electron chi connectivity index (χ4n) is 1.44. The van der Waals surface area contributed by atoms with Crippen LogP contribution in [0.4, 0.5) is 0 Å². The van der Waals surface area contributed by atoms with Crippen LogP contribution >= 0.6 is 0 Å². The van der Waals surface area contributed by atoms with Crippen molar-refractivity contribution in [1.29, 1.82) is 0 Å². The molecule has 0 aromatic heterocycles. The standard InChI is InChI=1S/C12H19N.C2H6/c1-3-12(13)9-8-11-7-5-4-6-10(11)2;1-2/h4-7,12H,3,8-9,13H2,1-2H3;1-2H3. The van der Waals surface area contributed by atoms with Crippen molar-refractivity contribution in [3.05, 3.63) is 35.4 Å². The molecule has 1 aromatic carbocycles. The Morgan fingerprint density at radius 2 is 1.80 bits per heavy atom. The molecule has 0 radical (unpaired) electrons. The summed E-state index contributed by atoms with van der Waals surface area (Å²) in [6.45, 7) is 8.30. The molecular formula is C14H25N. The van der Waals surface area contributed by atoms with E-state index in [4.69, 9.17) is 5.73 Å². The molecule has 0 aliphatic rings. The van der Waals surface area contributed by atoms with Crippen LogP contribution in [-0.2, 0) is 6.42 Å². The zero-order chi connectivity index (χ0) is 11.7. The Morgan fingerprint density at radius 1 is 1.20 bits per heavy atom. The molecule has 0 fully saturated rings. The van der Waals surface area contributed by atoms with Gasteiger partial charge in [0.25, 0.3) is 0 Å². The summed E-state index contributed by atoms with van der Waals surface area (Å²) in [5, 5.41) is 0. The molecule has 0 spiro atoms. The Morgan fingerprint density at radius 3 is 2.33 bits per heavy atom. The number of hydrogen-bond acceptors (Lipinski definition) is 1. The first-order chi connectivity index (χ1) is 7.24. The predicted molar refractivity (Wildman–Crippen MR) is 69.1 cm³/mol. The van der Waals surface area contributed by atoms with E-state index in [2.05, 4.69) is 38.1 Å². The van der Waals surface area contributed by atoms with Crippen molar-refractivity contribution >= 4 is 0 Å². The van der Waals surface area contributed by atoms with Gasteiger partial charge >= 0.3 is 0 Å². The maximum Gasteiger partial charge on any atom is 0.00393 e. The van der Waals surface area contributed by atoms with Crippen molar-refractivity contribution < 1.29 is 0 Å². The third-order valence-corrected chi connectivity index (χ3v) is 2.57. The van der Waals surface area contributed by atoms with Crippen LogP contribution in [0.3, 0.4) is 0 Å². The van der Waals surface area contributed by atoms with E-state index in [0.717, 1.165) is 19.3 Å². The SMILES string of the molecule is CC.CCC(N)CCc1ccccc1C. The van der Waals surface area contributed by atoms with Gasteiger partial charge in [-0.1, -0.05) is 45.0 Å². The Bertz CT molecular complexity index is 255. The lowest BCUT2D eigenvalue weighted by Crippen LogP contribution is -2.19. The fraction of sp³-hybridized carbons (Fsp3) is 0.571. The van der Waals surface area contributed by atoms with Gasteiger partial charge in [-0.15, -0.1) is 0 Å². The average Bonchev–Trinajstić information content (AvgIpc) is 2.30. The van der Waals surface area contributed by atoms with Gasteiger partial charge in [0, 0.05) is 6.04 Å². The van der Waals surface area contributed by atoms with Gasteiger partial charge in [0.05, 0.1) is 0 Å². The van der Waals surface area contributed by atoms with E-state index in [9.17, 15) is 0 Å². The number of benzene rings is 1. The summed E-state index contributed by atoms with van der Waals surface area (Å²) in [5.74, 6) is 0. The van der Waals surface area contributed by atoms with E-state index in [0.29, 0.717) is 6.04 Å². The second-order valence-corrected chi connectivity index (χ2v) is 3.63. The van der Waals surface area contributed by atoms with Crippen molar-refractivity contribution in [2.75, 3.05) is 0 Å². The van der Waals surface area contributed by atoms with Crippen LogP contribution in [0.15, 0.2) is 24.3 Å². The second kappa shape index (κ2) is 8.49. The Kier molecular flexibility index (Phi) is 8.02. The highest BCUT2D eigenvalue weighted by Gasteiger charge is 2.01. The monoisotopic (exact) mass is 207 g/mol. The van der Waals surface area contributed by atoms with Crippen molar-refractivity contribution in [1.82, 2.24) is 0 Å². The minimum absolute atomic E-state index is 0.361. The summed E-state index contributed by atoms with van der Waals surface area (Å²) in [6, 6.07) is 8.89. The molecule has 15 heavy (non-hydrogen) atoms. The second-order valence-electron chi connectivity index (χ2n) is 3.63. The summed E-state index contributed by atoms with van der Waals surface area (Å²) in [7, 11) is 0. The molecule has 86 valence electrons. The van der Waals surface area contributed by atoms with Crippen LogP contribution in [0, 0.1) is 6.92 Å². The minimum atomic E-state index is 0.361. The van der Waals surface area contributed by atoms with Crippen molar-refractivity contribution in [2.24, 2.45) is 5.73 Å².